The Labute approximate surface area is 169 Å². The first-order valence-electron chi connectivity index (χ1n) is 9.88. The summed E-state index contributed by atoms with van der Waals surface area (Å²) < 4.78 is 0. The molecule has 0 radical (unpaired) electrons. The summed E-state index contributed by atoms with van der Waals surface area (Å²) in [5, 5.41) is 2.83. The lowest BCUT2D eigenvalue weighted by Crippen LogP contribution is -2.49. The van der Waals surface area contributed by atoms with Crippen molar-refractivity contribution in [1.82, 2.24) is 15.1 Å². The minimum absolute atomic E-state index is 0.242. The molecule has 2 aliphatic rings. The van der Waals surface area contributed by atoms with Crippen LogP contribution in [-0.4, -0.2) is 73.3 Å². The van der Waals surface area contributed by atoms with Crippen LogP contribution in [0.3, 0.4) is 0 Å². The summed E-state index contributed by atoms with van der Waals surface area (Å²) in [6.45, 7) is 4.77. The van der Waals surface area contributed by atoms with Crippen LogP contribution in [0.1, 0.15) is 20.7 Å². The predicted octanol–water partition coefficient (Wildman–Crippen LogP) is 1.22. The monoisotopic (exact) mass is 392 g/mol. The third kappa shape index (κ3) is 4.14. The topological polar surface area (TPSA) is 73.0 Å². The summed E-state index contributed by atoms with van der Waals surface area (Å²) in [6.07, 6.45) is 0. The molecule has 1 fully saturated rings. The summed E-state index contributed by atoms with van der Waals surface area (Å²) in [5.41, 5.74) is 1.96. The van der Waals surface area contributed by atoms with Gasteiger partial charge < -0.3 is 10.2 Å². The standard InChI is InChI=1S/C22H24N4O3/c27-20(16-26-21(28)18-8-4-5-9-19(18)22(26)29)23-10-11-24-12-14-25(15-13-24)17-6-2-1-3-7-17/h1-9H,10-16H2,(H,23,27). The van der Waals surface area contributed by atoms with Gasteiger partial charge in [-0.05, 0) is 24.3 Å². The highest BCUT2D eigenvalue weighted by Crippen LogP contribution is 2.21. The summed E-state index contributed by atoms with van der Waals surface area (Å²) in [6, 6.07) is 17.0. The summed E-state index contributed by atoms with van der Waals surface area (Å²) in [7, 11) is 0. The van der Waals surface area contributed by atoms with Crippen LogP contribution in [-0.2, 0) is 4.79 Å². The van der Waals surface area contributed by atoms with Gasteiger partial charge in [0.15, 0.2) is 0 Å². The van der Waals surface area contributed by atoms with Crippen LogP contribution < -0.4 is 10.2 Å². The van der Waals surface area contributed by atoms with Crippen molar-refractivity contribution in [3.8, 4) is 0 Å². The molecule has 3 amide bonds. The van der Waals surface area contributed by atoms with E-state index >= 15 is 0 Å². The minimum Gasteiger partial charge on any atom is -0.369 e. The second-order valence-electron chi connectivity index (χ2n) is 7.26. The summed E-state index contributed by atoms with van der Waals surface area (Å²) in [4.78, 5) is 42.6. The quantitative estimate of drug-likeness (QED) is 0.749. The highest BCUT2D eigenvalue weighted by Gasteiger charge is 2.36. The molecule has 0 spiro atoms. The number of nitrogens with zero attached hydrogens (tertiary/aromatic N) is 3. The van der Waals surface area contributed by atoms with Crippen molar-refractivity contribution in [2.24, 2.45) is 0 Å². The molecular formula is C22H24N4O3. The van der Waals surface area contributed by atoms with Gasteiger partial charge in [0.05, 0.1) is 11.1 Å². The maximum Gasteiger partial charge on any atom is 0.262 e. The van der Waals surface area contributed by atoms with Crippen LogP contribution in [0.4, 0.5) is 5.69 Å². The van der Waals surface area contributed by atoms with Crippen LogP contribution >= 0.6 is 0 Å². The zero-order chi connectivity index (χ0) is 20.2. The third-order valence-corrected chi connectivity index (χ3v) is 5.42. The molecule has 2 heterocycles. The van der Waals surface area contributed by atoms with Gasteiger partial charge in [-0.3, -0.25) is 24.2 Å². The van der Waals surface area contributed by atoms with Crippen LogP contribution in [0.15, 0.2) is 54.6 Å². The molecule has 150 valence electrons. The molecule has 0 saturated carbocycles. The zero-order valence-corrected chi connectivity index (χ0v) is 16.2. The van der Waals surface area contributed by atoms with E-state index in [9.17, 15) is 14.4 Å². The van der Waals surface area contributed by atoms with Crippen LogP contribution in [0, 0.1) is 0 Å². The number of benzene rings is 2. The van der Waals surface area contributed by atoms with Gasteiger partial charge in [0.25, 0.3) is 11.8 Å². The fourth-order valence-electron chi connectivity index (χ4n) is 3.80. The second-order valence-corrected chi connectivity index (χ2v) is 7.26. The Morgan fingerprint density at radius 3 is 2.03 bits per heavy atom. The SMILES string of the molecule is O=C(CN1C(=O)c2ccccc2C1=O)NCCN1CCN(c2ccccc2)CC1. The lowest BCUT2D eigenvalue weighted by molar-refractivity contribution is -0.121. The molecule has 0 aromatic heterocycles. The van der Waals surface area contributed by atoms with Crippen molar-refractivity contribution in [2.75, 3.05) is 50.7 Å². The Kier molecular flexibility index (Phi) is 5.57. The number of hydrogen-bond donors (Lipinski definition) is 1. The molecule has 4 rings (SSSR count). The highest BCUT2D eigenvalue weighted by atomic mass is 16.2. The number of hydrogen-bond acceptors (Lipinski definition) is 5. The van der Waals surface area contributed by atoms with Crippen LogP contribution in [0.5, 0.6) is 0 Å². The van der Waals surface area contributed by atoms with Gasteiger partial charge in [-0.2, -0.15) is 0 Å². The molecule has 2 aliphatic heterocycles. The molecule has 1 N–H and O–H groups in total. The number of rotatable bonds is 6. The Bertz CT molecular complexity index is 872. The van der Waals surface area contributed by atoms with E-state index in [1.54, 1.807) is 24.3 Å². The number of para-hydroxylation sites is 1. The molecule has 7 nitrogen and oxygen atoms in total. The smallest absolute Gasteiger partial charge is 0.262 e. The Morgan fingerprint density at radius 1 is 0.828 bits per heavy atom. The second kappa shape index (κ2) is 8.45. The maximum absolute atomic E-state index is 12.3. The van der Waals surface area contributed by atoms with E-state index < -0.39 is 11.8 Å². The first kappa shape index (κ1) is 19.1. The lowest BCUT2D eigenvalue weighted by Gasteiger charge is -2.36. The van der Waals surface area contributed by atoms with E-state index in [-0.39, 0.29) is 12.5 Å². The Morgan fingerprint density at radius 2 is 1.41 bits per heavy atom. The lowest BCUT2D eigenvalue weighted by atomic mass is 10.1. The van der Waals surface area contributed by atoms with E-state index in [1.165, 1.54) is 5.69 Å². The van der Waals surface area contributed by atoms with Crippen molar-refractivity contribution >= 4 is 23.4 Å². The largest absolute Gasteiger partial charge is 0.369 e. The van der Waals surface area contributed by atoms with E-state index in [1.807, 2.05) is 18.2 Å². The molecule has 2 aromatic carbocycles. The minimum atomic E-state index is -0.405. The van der Waals surface area contributed by atoms with Crippen molar-refractivity contribution in [2.45, 2.75) is 0 Å². The van der Waals surface area contributed by atoms with E-state index in [2.05, 4.69) is 27.2 Å². The fourth-order valence-corrected chi connectivity index (χ4v) is 3.80. The van der Waals surface area contributed by atoms with Crippen LogP contribution in [0.25, 0.3) is 0 Å². The fraction of sp³-hybridized carbons (Fsp3) is 0.318. The molecule has 0 unspecified atom stereocenters. The molecule has 0 atom stereocenters. The number of anilines is 1. The predicted molar refractivity (Wildman–Crippen MR) is 110 cm³/mol. The van der Waals surface area contributed by atoms with Gasteiger partial charge in [0, 0.05) is 45.0 Å². The van der Waals surface area contributed by atoms with Gasteiger partial charge in [-0.1, -0.05) is 30.3 Å². The number of carbonyl (C=O) groups is 3. The van der Waals surface area contributed by atoms with Crippen molar-refractivity contribution < 1.29 is 14.4 Å². The Hall–Kier alpha value is -3.19. The third-order valence-electron chi connectivity index (χ3n) is 5.42. The number of carbonyl (C=O) groups excluding carboxylic acids is 3. The van der Waals surface area contributed by atoms with Gasteiger partial charge in [-0.25, -0.2) is 0 Å². The molecule has 2 aromatic rings. The number of piperazine rings is 1. The highest BCUT2D eigenvalue weighted by molar-refractivity contribution is 6.22. The molecular weight excluding hydrogens is 368 g/mol. The molecule has 29 heavy (non-hydrogen) atoms. The van der Waals surface area contributed by atoms with E-state index in [0.29, 0.717) is 17.7 Å². The first-order chi connectivity index (χ1) is 14.1. The average Bonchev–Trinajstić information content (AvgIpc) is 3.00. The first-order valence-corrected chi connectivity index (χ1v) is 9.88. The van der Waals surface area contributed by atoms with Gasteiger partial charge in [0.1, 0.15) is 6.54 Å². The number of nitrogens with one attached hydrogen (secondary N) is 1. The normalized spacial score (nSPS) is 16.8. The molecule has 0 bridgehead atoms. The number of amides is 3. The molecule has 0 aliphatic carbocycles. The number of imide groups is 1. The molecule has 1 saturated heterocycles. The van der Waals surface area contributed by atoms with Crippen molar-refractivity contribution in [3.05, 3.63) is 65.7 Å². The van der Waals surface area contributed by atoms with E-state index in [4.69, 9.17) is 0 Å². The summed E-state index contributed by atoms with van der Waals surface area (Å²) >= 11 is 0. The molecule has 7 heteroatoms. The van der Waals surface area contributed by atoms with Crippen LogP contribution in [0.2, 0.25) is 0 Å². The summed E-state index contributed by atoms with van der Waals surface area (Å²) in [5.74, 6) is -1.13. The van der Waals surface area contributed by atoms with Gasteiger partial charge >= 0.3 is 0 Å². The van der Waals surface area contributed by atoms with Crippen molar-refractivity contribution in [3.63, 3.8) is 0 Å². The zero-order valence-electron chi connectivity index (χ0n) is 16.2. The Balaban J connectivity index is 1.20. The van der Waals surface area contributed by atoms with Gasteiger partial charge in [-0.15, -0.1) is 0 Å². The van der Waals surface area contributed by atoms with Gasteiger partial charge in [0.2, 0.25) is 5.91 Å². The van der Waals surface area contributed by atoms with Crippen molar-refractivity contribution in [1.29, 1.82) is 0 Å². The van der Waals surface area contributed by atoms with E-state index in [0.717, 1.165) is 37.6 Å². The average molecular weight is 392 g/mol. The number of fused-ring (bicyclic) bond motifs is 1. The maximum atomic E-state index is 12.3.